The van der Waals surface area contributed by atoms with Gasteiger partial charge in [0.15, 0.2) is 5.78 Å². The molecule has 0 aliphatic carbocycles. The van der Waals surface area contributed by atoms with Crippen LogP contribution in [0, 0.1) is 0 Å². The summed E-state index contributed by atoms with van der Waals surface area (Å²) in [4.78, 5) is 12.4. The molecule has 0 amide bonds. The Morgan fingerprint density at radius 3 is 2.46 bits per heavy atom. The van der Waals surface area contributed by atoms with E-state index >= 15 is 0 Å². The predicted octanol–water partition coefficient (Wildman–Crippen LogP) is 2.03. The minimum atomic E-state index is -3.35. The highest BCUT2D eigenvalue weighted by Crippen LogP contribution is 2.12. The van der Waals surface area contributed by atoms with Crippen molar-refractivity contribution < 1.29 is 17.9 Å². The van der Waals surface area contributed by atoms with Crippen LogP contribution >= 0.6 is 0 Å². The Kier molecular flexibility index (Phi) is 6.66. The zero-order valence-corrected chi connectivity index (χ0v) is 14.4. The first kappa shape index (κ1) is 18.3. The highest BCUT2D eigenvalue weighted by atomic mass is 32.2. The molecule has 24 heavy (non-hydrogen) atoms. The SMILES string of the molecule is COCCNS(=O)(=O)CCc1cccc(C(=O)c2ccccc2)c1. The van der Waals surface area contributed by atoms with Crippen molar-refractivity contribution in [1.82, 2.24) is 4.72 Å². The molecule has 0 aliphatic heterocycles. The molecule has 0 atom stereocenters. The van der Waals surface area contributed by atoms with Gasteiger partial charge in [-0.15, -0.1) is 0 Å². The lowest BCUT2D eigenvalue weighted by molar-refractivity contribution is 0.103. The van der Waals surface area contributed by atoms with Crippen molar-refractivity contribution in [2.45, 2.75) is 6.42 Å². The van der Waals surface area contributed by atoms with Crippen molar-refractivity contribution in [2.24, 2.45) is 0 Å². The first-order valence-corrected chi connectivity index (χ1v) is 9.32. The summed E-state index contributed by atoms with van der Waals surface area (Å²) in [5.41, 5.74) is 1.99. The van der Waals surface area contributed by atoms with Crippen molar-refractivity contribution in [3.63, 3.8) is 0 Å². The molecule has 0 aliphatic rings. The van der Waals surface area contributed by atoms with Gasteiger partial charge >= 0.3 is 0 Å². The van der Waals surface area contributed by atoms with Gasteiger partial charge < -0.3 is 4.74 Å². The van der Waals surface area contributed by atoms with Gasteiger partial charge in [0.05, 0.1) is 12.4 Å². The Bertz CT molecular complexity index is 773. The summed E-state index contributed by atoms with van der Waals surface area (Å²) in [6.45, 7) is 0.589. The van der Waals surface area contributed by atoms with Gasteiger partial charge in [-0.1, -0.05) is 48.5 Å². The number of carbonyl (C=O) groups is 1. The molecule has 2 aromatic carbocycles. The highest BCUT2D eigenvalue weighted by molar-refractivity contribution is 7.89. The number of nitrogens with one attached hydrogen (secondary N) is 1. The van der Waals surface area contributed by atoms with Gasteiger partial charge in [-0.3, -0.25) is 4.79 Å². The number of hydrogen-bond acceptors (Lipinski definition) is 4. The number of sulfonamides is 1. The number of rotatable bonds is 9. The van der Waals surface area contributed by atoms with Gasteiger partial charge in [-0.2, -0.15) is 0 Å². The summed E-state index contributed by atoms with van der Waals surface area (Å²) in [5.74, 6) is -0.0989. The molecular weight excluding hydrogens is 326 g/mol. The lowest BCUT2D eigenvalue weighted by Crippen LogP contribution is -2.30. The van der Waals surface area contributed by atoms with Crippen molar-refractivity contribution in [3.05, 3.63) is 71.3 Å². The third-order valence-electron chi connectivity index (χ3n) is 3.51. The molecule has 2 rings (SSSR count). The van der Waals surface area contributed by atoms with Crippen LogP contribution in [0.25, 0.3) is 0 Å². The first-order chi connectivity index (χ1) is 11.5. The summed E-state index contributed by atoms with van der Waals surface area (Å²) in [7, 11) is -1.83. The van der Waals surface area contributed by atoms with Crippen molar-refractivity contribution in [3.8, 4) is 0 Å². The average Bonchev–Trinajstić information content (AvgIpc) is 2.61. The van der Waals surface area contributed by atoms with E-state index in [0.29, 0.717) is 24.2 Å². The summed E-state index contributed by atoms with van der Waals surface area (Å²) in [6.07, 6.45) is 0.345. The molecule has 128 valence electrons. The second kappa shape index (κ2) is 8.73. The van der Waals surface area contributed by atoms with Gasteiger partial charge in [-0.05, 0) is 18.1 Å². The largest absolute Gasteiger partial charge is 0.383 e. The Labute approximate surface area is 142 Å². The quantitative estimate of drug-likeness (QED) is 0.556. The van der Waals surface area contributed by atoms with Crippen molar-refractivity contribution in [2.75, 3.05) is 26.0 Å². The van der Waals surface area contributed by atoms with Crippen LogP contribution < -0.4 is 4.72 Å². The maximum absolute atomic E-state index is 12.4. The van der Waals surface area contributed by atoms with Gasteiger partial charge in [0.25, 0.3) is 0 Å². The molecule has 5 nitrogen and oxygen atoms in total. The molecule has 0 unspecified atom stereocenters. The zero-order chi connectivity index (χ0) is 17.4. The predicted molar refractivity (Wildman–Crippen MR) is 93.7 cm³/mol. The molecule has 0 spiro atoms. The second-order valence-corrected chi connectivity index (χ2v) is 7.28. The Hall–Kier alpha value is -2.02. The molecule has 0 saturated carbocycles. The van der Waals surface area contributed by atoms with E-state index in [1.165, 1.54) is 7.11 Å². The van der Waals surface area contributed by atoms with E-state index in [4.69, 9.17) is 4.74 Å². The van der Waals surface area contributed by atoms with Gasteiger partial charge in [-0.25, -0.2) is 13.1 Å². The Morgan fingerprint density at radius 2 is 1.75 bits per heavy atom. The molecule has 0 saturated heterocycles. The normalized spacial score (nSPS) is 11.4. The van der Waals surface area contributed by atoms with Crippen LogP contribution in [0.1, 0.15) is 21.5 Å². The van der Waals surface area contributed by atoms with Crippen LogP contribution in [0.3, 0.4) is 0 Å². The number of hydrogen-bond donors (Lipinski definition) is 1. The summed E-state index contributed by atoms with van der Waals surface area (Å²) >= 11 is 0. The number of methoxy groups -OCH3 is 1. The summed E-state index contributed by atoms with van der Waals surface area (Å²) in [6, 6.07) is 16.1. The third-order valence-corrected chi connectivity index (χ3v) is 4.90. The maximum atomic E-state index is 12.4. The molecule has 0 aromatic heterocycles. The fourth-order valence-corrected chi connectivity index (χ4v) is 3.29. The monoisotopic (exact) mass is 347 g/mol. The second-order valence-electron chi connectivity index (χ2n) is 5.35. The van der Waals surface area contributed by atoms with E-state index in [9.17, 15) is 13.2 Å². The van der Waals surface area contributed by atoms with Crippen LogP contribution in [-0.2, 0) is 21.2 Å². The number of ether oxygens (including phenoxy) is 1. The number of aryl methyl sites for hydroxylation is 1. The Balaban J connectivity index is 2.02. The molecular formula is C18H21NO4S. The molecule has 6 heteroatoms. The lowest BCUT2D eigenvalue weighted by atomic mass is 10.0. The molecule has 2 aromatic rings. The molecule has 0 radical (unpaired) electrons. The highest BCUT2D eigenvalue weighted by Gasteiger charge is 2.12. The van der Waals surface area contributed by atoms with E-state index in [-0.39, 0.29) is 18.1 Å². The van der Waals surface area contributed by atoms with Crippen molar-refractivity contribution in [1.29, 1.82) is 0 Å². The Morgan fingerprint density at radius 1 is 1.04 bits per heavy atom. The number of benzene rings is 2. The van der Waals surface area contributed by atoms with Crippen LogP contribution in [-0.4, -0.2) is 40.2 Å². The molecule has 0 bridgehead atoms. The van der Waals surface area contributed by atoms with Gasteiger partial charge in [0.2, 0.25) is 10.0 Å². The number of ketones is 1. The molecule has 0 fully saturated rings. The van der Waals surface area contributed by atoms with E-state index < -0.39 is 10.0 Å². The van der Waals surface area contributed by atoms with E-state index in [1.54, 1.807) is 30.3 Å². The summed E-state index contributed by atoms with van der Waals surface area (Å²) < 4.78 is 31.1. The third kappa shape index (κ3) is 5.56. The molecule has 0 heterocycles. The fraction of sp³-hybridized carbons (Fsp3) is 0.278. The minimum Gasteiger partial charge on any atom is -0.383 e. The number of carbonyl (C=O) groups excluding carboxylic acids is 1. The summed E-state index contributed by atoms with van der Waals surface area (Å²) in [5, 5.41) is 0. The molecule has 1 N–H and O–H groups in total. The van der Waals surface area contributed by atoms with Crippen LogP contribution in [0.4, 0.5) is 0 Å². The van der Waals surface area contributed by atoms with Crippen molar-refractivity contribution >= 4 is 15.8 Å². The topological polar surface area (TPSA) is 72.5 Å². The minimum absolute atomic E-state index is 0.0281. The van der Waals surface area contributed by atoms with E-state index in [1.807, 2.05) is 24.3 Å². The van der Waals surface area contributed by atoms with E-state index in [0.717, 1.165) is 5.56 Å². The van der Waals surface area contributed by atoms with Crippen LogP contribution in [0.15, 0.2) is 54.6 Å². The van der Waals surface area contributed by atoms with Gasteiger partial charge in [0, 0.05) is 24.8 Å². The smallest absolute Gasteiger partial charge is 0.211 e. The maximum Gasteiger partial charge on any atom is 0.211 e. The average molecular weight is 347 g/mol. The first-order valence-electron chi connectivity index (χ1n) is 7.67. The van der Waals surface area contributed by atoms with Crippen LogP contribution in [0.2, 0.25) is 0 Å². The zero-order valence-electron chi connectivity index (χ0n) is 13.6. The van der Waals surface area contributed by atoms with E-state index in [2.05, 4.69) is 4.72 Å². The van der Waals surface area contributed by atoms with Crippen LogP contribution in [0.5, 0.6) is 0 Å². The van der Waals surface area contributed by atoms with Gasteiger partial charge in [0.1, 0.15) is 0 Å². The fourth-order valence-electron chi connectivity index (χ4n) is 2.25. The lowest BCUT2D eigenvalue weighted by Gasteiger charge is -2.07. The standard InChI is InChI=1S/C18H21NO4S/c1-23-12-11-19-24(21,22)13-10-15-6-5-9-17(14-15)18(20)16-7-3-2-4-8-16/h2-9,14,19H,10-13H2,1H3.